The lowest BCUT2D eigenvalue weighted by Crippen LogP contribution is -2.26. The quantitative estimate of drug-likeness (QED) is 0.161. The first-order valence-electron chi connectivity index (χ1n) is 12.3. The number of ketones is 2. The first-order valence-corrected chi connectivity index (χ1v) is 12.3. The van der Waals surface area contributed by atoms with Crippen LogP contribution in [0.1, 0.15) is 38.3 Å². The van der Waals surface area contributed by atoms with E-state index in [2.05, 4.69) is 6.58 Å². The number of carbonyl (C=O) groups is 3. The topological polar surface area (TPSA) is 130 Å². The van der Waals surface area contributed by atoms with Gasteiger partial charge in [-0.15, -0.1) is 0 Å². The second kappa shape index (κ2) is 12.4. The highest BCUT2D eigenvalue weighted by Gasteiger charge is 2.22. The van der Waals surface area contributed by atoms with Crippen LogP contribution < -0.4 is 9.47 Å². The van der Waals surface area contributed by atoms with Crippen LogP contribution in [0.15, 0.2) is 109 Å². The van der Waals surface area contributed by atoms with Crippen molar-refractivity contribution in [3.63, 3.8) is 0 Å². The molecule has 0 spiro atoms. The number of ether oxygens (including phenoxy) is 2. The fraction of sp³-hybridized carbons (Fsp3) is 0.0938. The molecule has 0 radical (unpaired) electrons. The van der Waals surface area contributed by atoms with Crippen LogP contribution in [0.4, 0.5) is 0 Å². The fourth-order valence-corrected chi connectivity index (χ4v) is 3.95. The molecule has 0 saturated heterocycles. The number of aliphatic carboxylic acids is 1. The normalized spacial score (nSPS) is 11.3. The number of rotatable bonds is 12. The van der Waals surface area contributed by atoms with Crippen LogP contribution in [0, 0.1) is 0 Å². The Hall–Kier alpha value is -5.37. The van der Waals surface area contributed by atoms with E-state index < -0.39 is 12.1 Å². The zero-order valence-corrected chi connectivity index (χ0v) is 21.3. The van der Waals surface area contributed by atoms with Crippen molar-refractivity contribution in [3.8, 4) is 23.0 Å². The minimum atomic E-state index is -1.27. The molecule has 4 aromatic rings. The van der Waals surface area contributed by atoms with Crippen LogP contribution >= 0.6 is 0 Å². The van der Waals surface area contributed by atoms with Gasteiger partial charge < -0.3 is 24.8 Å². The van der Waals surface area contributed by atoms with E-state index in [1.54, 1.807) is 60.7 Å². The molecule has 1 unspecified atom stereocenters. The van der Waals surface area contributed by atoms with Gasteiger partial charge in [-0.3, -0.25) is 9.59 Å². The Bertz CT molecular complexity index is 1540. The molecule has 202 valence electrons. The van der Waals surface area contributed by atoms with Crippen LogP contribution in [0.3, 0.4) is 0 Å². The van der Waals surface area contributed by atoms with Gasteiger partial charge in [0, 0.05) is 29.7 Å². The van der Waals surface area contributed by atoms with Crippen molar-refractivity contribution in [1.29, 1.82) is 0 Å². The molecule has 0 aliphatic rings. The minimum Gasteiger partial charge on any atom is -0.507 e. The summed E-state index contributed by atoms with van der Waals surface area (Å²) in [7, 11) is 0. The molecule has 8 nitrogen and oxygen atoms in total. The lowest BCUT2D eigenvalue weighted by molar-refractivity contribution is -0.133. The largest absolute Gasteiger partial charge is 0.507 e. The van der Waals surface area contributed by atoms with Crippen molar-refractivity contribution >= 4 is 17.5 Å². The Morgan fingerprint density at radius 3 is 1.65 bits per heavy atom. The number of aromatic hydroxyl groups is 2. The predicted octanol–water partition coefficient (Wildman–Crippen LogP) is 5.42. The number of hydrogen-bond acceptors (Lipinski definition) is 7. The molecule has 0 aliphatic carbocycles. The Balaban J connectivity index is 1.42. The molecule has 0 fully saturated rings. The van der Waals surface area contributed by atoms with Crippen molar-refractivity contribution in [2.75, 3.05) is 6.61 Å². The van der Waals surface area contributed by atoms with Gasteiger partial charge in [0.2, 0.25) is 0 Å². The zero-order valence-electron chi connectivity index (χ0n) is 21.3. The van der Waals surface area contributed by atoms with Crippen LogP contribution in [0.2, 0.25) is 0 Å². The molecule has 0 amide bonds. The number of carboxylic acids is 1. The molecule has 40 heavy (non-hydrogen) atoms. The molecule has 0 saturated carbocycles. The summed E-state index contributed by atoms with van der Waals surface area (Å²) in [6.45, 7) is 3.57. The highest BCUT2D eigenvalue weighted by atomic mass is 16.5. The summed E-state index contributed by atoms with van der Waals surface area (Å²) >= 11 is 0. The van der Waals surface area contributed by atoms with Gasteiger partial charge in [0.25, 0.3) is 0 Å². The summed E-state index contributed by atoms with van der Waals surface area (Å²) in [5.41, 5.74) is 0.795. The molecule has 0 bridgehead atoms. The molecule has 0 heterocycles. The highest BCUT2D eigenvalue weighted by molar-refractivity contribution is 6.11. The van der Waals surface area contributed by atoms with Crippen LogP contribution in [0.25, 0.3) is 0 Å². The number of benzene rings is 4. The lowest BCUT2D eigenvalue weighted by Gasteiger charge is -2.20. The Morgan fingerprint density at radius 1 is 0.700 bits per heavy atom. The number of phenols is 2. The van der Waals surface area contributed by atoms with E-state index in [1.807, 2.05) is 0 Å². The number of phenolic OH excluding ortho intramolecular Hbond substituents is 2. The van der Waals surface area contributed by atoms with Crippen molar-refractivity contribution in [2.45, 2.75) is 12.5 Å². The van der Waals surface area contributed by atoms with Crippen molar-refractivity contribution in [1.82, 2.24) is 0 Å². The summed E-state index contributed by atoms with van der Waals surface area (Å²) < 4.78 is 11.5. The van der Waals surface area contributed by atoms with Crippen molar-refractivity contribution in [2.24, 2.45) is 0 Å². The minimum absolute atomic E-state index is 0.0149. The van der Waals surface area contributed by atoms with Crippen LogP contribution in [-0.4, -0.2) is 45.6 Å². The van der Waals surface area contributed by atoms with E-state index in [0.717, 1.165) is 0 Å². The molecule has 8 heteroatoms. The molecule has 0 aliphatic heterocycles. The average Bonchev–Trinajstić information content (AvgIpc) is 2.96. The first-order chi connectivity index (χ1) is 19.2. The number of carbonyl (C=O) groups excluding carboxylic acids is 2. The standard InChI is InChI=1S/C32H26O8/c1-20(32(37)38)29(40-24-13-15-26(28(34)19-24)31(36)22-10-6-3-7-11-22)16-17-39-23-12-14-25(27(33)18-23)30(35)21-8-4-2-5-9-21/h2-15,18-19,29,33-34H,1,16-17H2,(H,37,38). The van der Waals surface area contributed by atoms with Gasteiger partial charge in [0.15, 0.2) is 11.6 Å². The molecule has 1 atom stereocenters. The maximum absolute atomic E-state index is 12.7. The summed E-state index contributed by atoms with van der Waals surface area (Å²) in [5.74, 6) is -2.15. The van der Waals surface area contributed by atoms with Crippen molar-refractivity contribution in [3.05, 3.63) is 131 Å². The van der Waals surface area contributed by atoms with Gasteiger partial charge in [-0.2, -0.15) is 0 Å². The Labute approximate surface area is 230 Å². The maximum Gasteiger partial charge on any atom is 0.334 e. The second-order valence-electron chi connectivity index (χ2n) is 8.82. The predicted molar refractivity (Wildman–Crippen MR) is 147 cm³/mol. The molecule has 0 aromatic heterocycles. The van der Waals surface area contributed by atoms with Gasteiger partial charge >= 0.3 is 5.97 Å². The summed E-state index contributed by atoms with van der Waals surface area (Å²) in [5, 5.41) is 30.3. The van der Waals surface area contributed by atoms with E-state index in [0.29, 0.717) is 11.1 Å². The average molecular weight is 539 g/mol. The van der Waals surface area contributed by atoms with Gasteiger partial charge in [-0.25, -0.2) is 4.79 Å². The highest BCUT2D eigenvalue weighted by Crippen LogP contribution is 2.29. The number of carboxylic acid groups (broad SMARTS) is 1. The van der Waals surface area contributed by atoms with Gasteiger partial charge in [0.1, 0.15) is 29.1 Å². The summed E-state index contributed by atoms with van der Waals surface area (Å²) in [4.78, 5) is 36.9. The van der Waals surface area contributed by atoms with E-state index in [-0.39, 0.29) is 64.3 Å². The molecular formula is C32H26O8. The van der Waals surface area contributed by atoms with Gasteiger partial charge in [-0.1, -0.05) is 67.2 Å². The fourth-order valence-electron chi connectivity index (χ4n) is 3.95. The Kier molecular flexibility index (Phi) is 8.61. The Morgan fingerprint density at radius 2 is 1.18 bits per heavy atom. The lowest BCUT2D eigenvalue weighted by atomic mass is 10.0. The van der Waals surface area contributed by atoms with Crippen molar-refractivity contribution < 1.29 is 39.2 Å². The number of hydrogen-bond donors (Lipinski definition) is 3. The zero-order chi connectivity index (χ0) is 28.6. The van der Waals surface area contributed by atoms with Gasteiger partial charge in [0.05, 0.1) is 23.3 Å². The molecule has 4 aromatic carbocycles. The molecule has 3 N–H and O–H groups in total. The van der Waals surface area contributed by atoms with E-state index in [9.17, 15) is 29.7 Å². The third-order valence-corrected chi connectivity index (χ3v) is 6.09. The third kappa shape index (κ3) is 6.54. The smallest absolute Gasteiger partial charge is 0.334 e. The first kappa shape index (κ1) is 27.7. The molecule has 4 rings (SSSR count). The molecular weight excluding hydrogens is 512 g/mol. The van der Waals surface area contributed by atoms with E-state index in [1.165, 1.54) is 36.4 Å². The summed E-state index contributed by atoms with van der Waals surface area (Å²) in [6.07, 6.45) is -0.970. The SMILES string of the molecule is C=C(C(=O)O)C(CCOc1ccc(C(=O)c2ccccc2)c(O)c1)Oc1ccc(C(=O)c2ccccc2)c(O)c1. The van der Waals surface area contributed by atoms with Crippen LogP contribution in [-0.2, 0) is 4.79 Å². The summed E-state index contributed by atoms with van der Waals surface area (Å²) in [6, 6.07) is 25.4. The van der Waals surface area contributed by atoms with Crippen LogP contribution in [0.5, 0.6) is 23.0 Å². The third-order valence-electron chi connectivity index (χ3n) is 6.09. The van der Waals surface area contributed by atoms with E-state index >= 15 is 0 Å². The monoisotopic (exact) mass is 538 g/mol. The maximum atomic E-state index is 12.7. The van der Waals surface area contributed by atoms with Gasteiger partial charge in [-0.05, 0) is 24.3 Å². The van der Waals surface area contributed by atoms with E-state index in [4.69, 9.17) is 9.47 Å². The second-order valence-corrected chi connectivity index (χ2v) is 8.82.